The number of amides is 2. The number of hydrogen-bond acceptors (Lipinski definition) is 2. The Kier molecular flexibility index (Phi) is 4.73. The molecule has 2 amide bonds. The van der Waals surface area contributed by atoms with E-state index < -0.39 is 0 Å². The van der Waals surface area contributed by atoms with Crippen molar-refractivity contribution in [2.24, 2.45) is 0 Å². The topological polar surface area (TPSA) is 37.4 Å². The molecule has 0 aromatic carbocycles. The summed E-state index contributed by atoms with van der Waals surface area (Å²) in [5, 5.41) is 0. The van der Waals surface area contributed by atoms with E-state index >= 15 is 0 Å². The number of carbonyl (C=O) groups is 2. The van der Waals surface area contributed by atoms with Crippen LogP contribution in [0.15, 0.2) is 25.3 Å². The average molecular weight is 153 g/mol. The fraction of sp³-hybridized carbons (Fsp3) is 0.250. The van der Waals surface area contributed by atoms with E-state index in [1.165, 1.54) is 12.2 Å². The third-order valence-corrected chi connectivity index (χ3v) is 1.09. The minimum absolute atomic E-state index is 0.187. The van der Waals surface area contributed by atoms with Gasteiger partial charge in [-0.25, -0.2) is 0 Å². The van der Waals surface area contributed by atoms with Gasteiger partial charge in [-0.3, -0.25) is 14.5 Å². The minimum atomic E-state index is -0.255. The molecule has 0 aromatic heterocycles. The van der Waals surface area contributed by atoms with Gasteiger partial charge in [-0.05, 0) is 0 Å². The Morgan fingerprint density at radius 1 is 1.36 bits per heavy atom. The van der Waals surface area contributed by atoms with Gasteiger partial charge in [0.25, 0.3) is 0 Å². The van der Waals surface area contributed by atoms with E-state index in [0.717, 1.165) is 4.90 Å². The van der Waals surface area contributed by atoms with Gasteiger partial charge in [-0.1, -0.05) is 12.2 Å². The van der Waals surface area contributed by atoms with Crippen LogP contribution >= 0.6 is 0 Å². The Morgan fingerprint density at radius 3 is 2.36 bits per heavy atom. The quantitative estimate of drug-likeness (QED) is 0.431. The Balaban J connectivity index is 4.00. The smallest absolute Gasteiger partial charge is 0.233 e. The van der Waals surface area contributed by atoms with Crippen molar-refractivity contribution in [3.05, 3.63) is 25.3 Å². The van der Waals surface area contributed by atoms with Crippen LogP contribution in [0.4, 0.5) is 0 Å². The van der Waals surface area contributed by atoms with Crippen molar-refractivity contribution in [1.82, 2.24) is 4.90 Å². The van der Waals surface area contributed by atoms with Crippen LogP contribution in [0.1, 0.15) is 6.42 Å². The molecule has 3 nitrogen and oxygen atoms in total. The molecule has 0 aliphatic rings. The summed E-state index contributed by atoms with van der Waals surface area (Å²) in [5.74, 6) is -0.255. The molecule has 0 fully saturated rings. The van der Waals surface area contributed by atoms with Gasteiger partial charge in [0.2, 0.25) is 12.3 Å². The van der Waals surface area contributed by atoms with Gasteiger partial charge in [0.05, 0.1) is 0 Å². The zero-order valence-electron chi connectivity index (χ0n) is 6.32. The van der Waals surface area contributed by atoms with Crippen molar-refractivity contribution in [1.29, 1.82) is 0 Å². The van der Waals surface area contributed by atoms with Crippen LogP contribution in [0.3, 0.4) is 0 Å². The molecule has 3 heteroatoms. The summed E-state index contributed by atoms with van der Waals surface area (Å²) < 4.78 is 0. The van der Waals surface area contributed by atoms with E-state index in [2.05, 4.69) is 13.2 Å². The maximum atomic E-state index is 10.9. The van der Waals surface area contributed by atoms with Gasteiger partial charge in [-0.2, -0.15) is 0 Å². The highest BCUT2D eigenvalue weighted by atomic mass is 16.2. The predicted molar refractivity (Wildman–Crippen MR) is 42.8 cm³/mol. The summed E-state index contributed by atoms with van der Waals surface area (Å²) >= 11 is 0. The fourth-order valence-electron chi connectivity index (χ4n) is 0.583. The van der Waals surface area contributed by atoms with Crippen molar-refractivity contribution >= 4 is 12.3 Å². The molecule has 11 heavy (non-hydrogen) atoms. The lowest BCUT2D eigenvalue weighted by Crippen LogP contribution is -2.28. The molecular weight excluding hydrogens is 142 g/mol. The number of hydrogen-bond donors (Lipinski definition) is 0. The third kappa shape index (κ3) is 3.35. The molecule has 0 spiro atoms. The zero-order valence-corrected chi connectivity index (χ0v) is 6.32. The molecule has 0 saturated carbocycles. The predicted octanol–water partition coefficient (Wildman–Crippen LogP) is 0.734. The van der Waals surface area contributed by atoms with E-state index in [1.54, 1.807) is 0 Å². The minimum Gasteiger partial charge on any atom is -0.281 e. The first-order chi connectivity index (χ1) is 5.26. The van der Waals surface area contributed by atoms with Gasteiger partial charge < -0.3 is 0 Å². The number of imide groups is 1. The number of nitrogens with zero attached hydrogens (tertiary/aromatic N) is 1. The molecule has 60 valence electrons. The standard InChI is InChI=1S/C8H11NO2/c1-3-5-8(11)9(7-10)6-4-2/h3-4,7H,1-2,5-6H2. The highest BCUT2D eigenvalue weighted by molar-refractivity contribution is 5.87. The van der Waals surface area contributed by atoms with E-state index in [9.17, 15) is 9.59 Å². The van der Waals surface area contributed by atoms with Crippen LogP contribution in [-0.2, 0) is 9.59 Å². The number of carbonyl (C=O) groups excluding carboxylic acids is 2. The summed E-state index contributed by atoms with van der Waals surface area (Å²) in [7, 11) is 0. The molecule has 0 rings (SSSR count). The van der Waals surface area contributed by atoms with Crippen molar-refractivity contribution in [3.63, 3.8) is 0 Å². The van der Waals surface area contributed by atoms with Gasteiger partial charge in [0.1, 0.15) is 0 Å². The first-order valence-corrected chi connectivity index (χ1v) is 3.22. The molecular formula is C8H11NO2. The summed E-state index contributed by atoms with van der Waals surface area (Å²) in [6, 6.07) is 0. The summed E-state index contributed by atoms with van der Waals surface area (Å²) in [5.41, 5.74) is 0. The molecule has 0 unspecified atom stereocenters. The molecule has 0 aliphatic heterocycles. The van der Waals surface area contributed by atoms with Crippen molar-refractivity contribution in [2.75, 3.05) is 6.54 Å². The first-order valence-electron chi connectivity index (χ1n) is 3.22. The molecule has 0 radical (unpaired) electrons. The molecule has 0 aliphatic carbocycles. The van der Waals surface area contributed by atoms with E-state index in [-0.39, 0.29) is 18.9 Å². The maximum Gasteiger partial charge on any atom is 0.233 e. The van der Waals surface area contributed by atoms with E-state index in [4.69, 9.17) is 0 Å². The van der Waals surface area contributed by atoms with Gasteiger partial charge in [0.15, 0.2) is 0 Å². The number of rotatable bonds is 5. The monoisotopic (exact) mass is 153 g/mol. The molecule has 0 saturated heterocycles. The van der Waals surface area contributed by atoms with Crippen LogP contribution in [-0.4, -0.2) is 23.8 Å². The summed E-state index contributed by atoms with van der Waals surface area (Å²) in [4.78, 5) is 22.2. The lowest BCUT2D eigenvalue weighted by atomic mass is 10.3. The van der Waals surface area contributed by atoms with Gasteiger partial charge in [0, 0.05) is 13.0 Å². The summed E-state index contributed by atoms with van der Waals surface area (Å²) in [6.07, 6.45) is 3.64. The Morgan fingerprint density at radius 2 is 2.00 bits per heavy atom. The third-order valence-electron chi connectivity index (χ3n) is 1.09. The Labute approximate surface area is 66.0 Å². The molecule has 0 atom stereocenters. The average Bonchev–Trinajstić information content (AvgIpc) is 2.00. The normalized spacial score (nSPS) is 8.36. The second-order valence-electron chi connectivity index (χ2n) is 1.93. The molecule has 0 bridgehead atoms. The van der Waals surface area contributed by atoms with E-state index in [1.807, 2.05) is 0 Å². The fourth-order valence-corrected chi connectivity index (χ4v) is 0.583. The molecule has 0 heterocycles. The first kappa shape index (κ1) is 9.62. The van der Waals surface area contributed by atoms with Crippen LogP contribution in [0.2, 0.25) is 0 Å². The second-order valence-corrected chi connectivity index (χ2v) is 1.93. The van der Waals surface area contributed by atoms with Gasteiger partial charge >= 0.3 is 0 Å². The van der Waals surface area contributed by atoms with Crippen molar-refractivity contribution < 1.29 is 9.59 Å². The molecule has 0 aromatic rings. The highest BCUT2D eigenvalue weighted by Crippen LogP contribution is 1.91. The van der Waals surface area contributed by atoms with Crippen molar-refractivity contribution in [3.8, 4) is 0 Å². The van der Waals surface area contributed by atoms with Crippen LogP contribution in [0.25, 0.3) is 0 Å². The lowest BCUT2D eigenvalue weighted by Gasteiger charge is -2.10. The SMILES string of the molecule is C=CCC(=O)N(C=O)CC=C. The second kappa shape index (κ2) is 5.41. The van der Waals surface area contributed by atoms with E-state index in [0.29, 0.717) is 6.41 Å². The maximum absolute atomic E-state index is 10.9. The Bertz CT molecular complexity index is 175. The van der Waals surface area contributed by atoms with Crippen LogP contribution < -0.4 is 0 Å². The largest absolute Gasteiger partial charge is 0.281 e. The van der Waals surface area contributed by atoms with Crippen LogP contribution in [0, 0.1) is 0 Å². The van der Waals surface area contributed by atoms with Crippen LogP contribution in [0.5, 0.6) is 0 Å². The zero-order chi connectivity index (χ0) is 8.69. The Hall–Kier alpha value is -1.38. The lowest BCUT2D eigenvalue weighted by molar-refractivity contribution is -0.136. The molecule has 0 N–H and O–H groups in total. The highest BCUT2D eigenvalue weighted by Gasteiger charge is 2.07. The van der Waals surface area contributed by atoms with Crippen molar-refractivity contribution in [2.45, 2.75) is 6.42 Å². The summed E-state index contributed by atoms with van der Waals surface area (Å²) in [6.45, 7) is 7.06. The van der Waals surface area contributed by atoms with Gasteiger partial charge in [-0.15, -0.1) is 13.2 Å².